The second kappa shape index (κ2) is 3.58. The van der Waals surface area contributed by atoms with E-state index < -0.39 is 0 Å². The Hall–Kier alpha value is -0.0800. The number of ether oxygens (including phenoxy) is 2. The molecular weight excluding hydrogens is 164 g/mol. The van der Waals surface area contributed by atoms with Crippen molar-refractivity contribution in [3.8, 4) is 0 Å². The number of rotatable bonds is 2. The Labute approximate surface area is 81.6 Å². The van der Waals surface area contributed by atoms with E-state index in [0.29, 0.717) is 0 Å². The fourth-order valence-electron chi connectivity index (χ4n) is 2.10. The summed E-state index contributed by atoms with van der Waals surface area (Å²) in [5.41, 5.74) is -0.0259. The minimum Gasteiger partial charge on any atom is -0.348 e. The summed E-state index contributed by atoms with van der Waals surface area (Å²) in [7, 11) is 0. The van der Waals surface area contributed by atoms with Gasteiger partial charge in [0.25, 0.3) is 0 Å². The number of hydrogen-bond acceptors (Lipinski definition) is 2. The lowest BCUT2D eigenvalue weighted by molar-refractivity contribution is -0.305. The molecule has 1 aliphatic heterocycles. The third-order valence-corrected chi connectivity index (χ3v) is 2.39. The lowest BCUT2D eigenvalue weighted by atomic mass is 9.94. The molecule has 1 atom stereocenters. The molecule has 0 aliphatic carbocycles. The molecule has 2 nitrogen and oxygen atoms in total. The van der Waals surface area contributed by atoms with Gasteiger partial charge in [-0.3, -0.25) is 0 Å². The van der Waals surface area contributed by atoms with Gasteiger partial charge in [0.2, 0.25) is 0 Å². The molecule has 0 radical (unpaired) electrons. The zero-order valence-corrected chi connectivity index (χ0v) is 9.52. The smallest absolute Gasteiger partial charge is 0.166 e. The van der Waals surface area contributed by atoms with Crippen LogP contribution in [0, 0.1) is 0 Å². The summed E-state index contributed by atoms with van der Waals surface area (Å²) in [6.45, 7) is 10.4. The largest absolute Gasteiger partial charge is 0.348 e. The molecule has 1 fully saturated rings. The van der Waals surface area contributed by atoms with E-state index in [-0.39, 0.29) is 17.5 Å². The highest BCUT2D eigenvalue weighted by atomic mass is 16.7. The fourth-order valence-corrected chi connectivity index (χ4v) is 2.10. The predicted octanol–water partition coefficient (Wildman–Crippen LogP) is 3.11. The van der Waals surface area contributed by atoms with Gasteiger partial charge < -0.3 is 9.47 Å². The van der Waals surface area contributed by atoms with E-state index in [0.717, 1.165) is 12.8 Å². The first-order valence-electron chi connectivity index (χ1n) is 5.21. The van der Waals surface area contributed by atoms with Crippen LogP contribution < -0.4 is 0 Å². The van der Waals surface area contributed by atoms with E-state index in [2.05, 4.69) is 27.7 Å². The maximum Gasteiger partial charge on any atom is 0.166 e. The summed E-state index contributed by atoms with van der Waals surface area (Å²) in [6, 6.07) is 0. The normalized spacial score (nSPS) is 33.7. The fraction of sp³-hybridized carbons (Fsp3) is 1.00. The molecule has 0 aromatic rings. The van der Waals surface area contributed by atoms with Crippen LogP contribution in [-0.4, -0.2) is 17.5 Å². The number of hydrogen-bond donors (Lipinski definition) is 0. The van der Waals surface area contributed by atoms with Crippen molar-refractivity contribution in [1.82, 2.24) is 0 Å². The van der Waals surface area contributed by atoms with Gasteiger partial charge in [-0.2, -0.15) is 0 Å². The maximum atomic E-state index is 5.95. The Kier molecular flexibility index (Phi) is 3.03. The zero-order chi connectivity index (χ0) is 10.1. The van der Waals surface area contributed by atoms with Gasteiger partial charge in [-0.1, -0.05) is 0 Å². The van der Waals surface area contributed by atoms with Gasteiger partial charge in [-0.15, -0.1) is 0 Å². The van der Waals surface area contributed by atoms with Crippen molar-refractivity contribution in [2.45, 2.75) is 71.4 Å². The second-order valence-electron chi connectivity index (χ2n) is 5.02. The Bertz CT molecular complexity index is 175. The van der Waals surface area contributed by atoms with Crippen molar-refractivity contribution < 1.29 is 9.47 Å². The van der Waals surface area contributed by atoms with Crippen molar-refractivity contribution in [2.75, 3.05) is 0 Å². The van der Waals surface area contributed by atoms with Crippen LogP contribution in [0.4, 0.5) is 0 Å². The van der Waals surface area contributed by atoms with Gasteiger partial charge in [0, 0.05) is 6.42 Å². The zero-order valence-electron chi connectivity index (χ0n) is 9.52. The minimum absolute atomic E-state index is 0.0259. The van der Waals surface area contributed by atoms with Gasteiger partial charge in [-0.25, -0.2) is 0 Å². The van der Waals surface area contributed by atoms with Gasteiger partial charge in [0.1, 0.15) is 0 Å². The van der Waals surface area contributed by atoms with Crippen LogP contribution in [0.2, 0.25) is 0 Å². The summed E-state index contributed by atoms with van der Waals surface area (Å²) >= 11 is 0. The van der Waals surface area contributed by atoms with E-state index in [4.69, 9.17) is 9.47 Å². The first-order chi connectivity index (χ1) is 5.83. The highest BCUT2D eigenvalue weighted by Gasteiger charge is 2.38. The Morgan fingerprint density at radius 3 is 2.23 bits per heavy atom. The van der Waals surface area contributed by atoms with Gasteiger partial charge in [0.05, 0.1) is 11.7 Å². The van der Waals surface area contributed by atoms with Crippen LogP contribution in [-0.2, 0) is 9.47 Å². The molecule has 13 heavy (non-hydrogen) atoms. The van der Waals surface area contributed by atoms with Crippen LogP contribution in [0.5, 0.6) is 0 Å². The van der Waals surface area contributed by atoms with E-state index in [1.165, 1.54) is 6.42 Å². The Morgan fingerprint density at radius 2 is 1.77 bits per heavy atom. The van der Waals surface area contributed by atoms with Crippen molar-refractivity contribution >= 4 is 0 Å². The molecule has 2 heteroatoms. The van der Waals surface area contributed by atoms with E-state index in [1.54, 1.807) is 0 Å². The van der Waals surface area contributed by atoms with Crippen LogP contribution in [0.1, 0.15) is 53.9 Å². The average molecular weight is 186 g/mol. The predicted molar refractivity (Wildman–Crippen MR) is 53.6 cm³/mol. The lowest BCUT2D eigenvalue weighted by Crippen LogP contribution is -2.46. The highest BCUT2D eigenvalue weighted by Crippen LogP contribution is 2.36. The van der Waals surface area contributed by atoms with Crippen molar-refractivity contribution in [3.63, 3.8) is 0 Å². The quantitative estimate of drug-likeness (QED) is 0.659. The Balaban J connectivity index is 2.58. The van der Waals surface area contributed by atoms with Crippen LogP contribution in [0.15, 0.2) is 0 Å². The van der Waals surface area contributed by atoms with Crippen LogP contribution in [0.25, 0.3) is 0 Å². The van der Waals surface area contributed by atoms with E-state index in [9.17, 15) is 0 Å². The summed E-state index contributed by atoms with van der Waals surface area (Å²) in [6.07, 6.45) is 3.56. The summed E-state index contributed by atoms with van der Waals surface area (Å²) < 4.78 is 11.7. The molecule has 1 unspecified atom stereocenters. The molecule has 0 spiro atoms. The summed E-state index contributed by atoms with van der Waals surface area (Å²) in [5.74, 6) is -0.365. The minimum atomic E-state index is -0.365. The van der Waals surface area contributed by atoms with Gasteiger partial charge in [-0.05, 0) is 47.5 Å². The maximum absolute atomic E-state index is 5.95. The summed E-state index contributed by atoms with van der Waals surface area (Å²) in [4.78, 5) is 0. The van der Waals surface area contributed by atoms with E-state index >= 15 is 0 Å². The first-order valence-corrected chi connectivity index (χ1v) is 5.21. The van der Waals surface area contributed by atoms with Gasteiger partial charge >= 0.3 is 0 Å². The molecule has 0 saturated carbocycles. The lowest BCUT2D eigenvalue weighted by Gasteiger charge is -2.43. The SMILES string of the molecule is CC(C)OC1(C)CCCC(C)(C)O1. The third-order valence-electron chi connectivity index (χ3n) is 2.39. The van der Waals surface area contributed by atoms with Crippen LogP contribution >= 0.6 is 0 Å². The standard InChI is InChI=1S/C11H22O2/c1-9(2)12-11(5)8-6-7-10(3,4)13-11/h9H,6-8H2,1-5H3. The molecule has 0 aromatic heterocycles. The molecule has 1 rings (SSSR count). The van der Waals surface area contributed by atoms with Crippen molar-refractivity contribution in [3.05, 3.63) is 0 Å². The third kappa shape index (κ3) is 3.28. The van der Waals surface area contributed by atoms with Crippen LogP contribution in [0.3, 0.4) is 0 Å². The first kappa shape index (κ1) is 11.0. The molecule has 0 amide bonds. The highest BCUT2D eigenvalue weighted by molar-refractivity contribution is 4.81. The molecule has 0 aromatic carbocycles. The molecule has 0 bridgehead atoms. The van der Waals surface area contributed by atoms with Crippen molar-refractivity contribution in [1.29, 1.82) is 0 Å². The molecular formula is C11H22O2. The summed E-state index contributed by atoms with van der Waals surface area (Å²) in [5, 5.41) is 0. The molecule has 1 heterocycles. The molecule has 0 N–H and O–H groups in total. The Morgan fingerprint density at radius 1 is 1.15 bits per heavy atom. The molecule has 1 saturated heterocycles. The van der Waals surface area contributed by atoms with Gasteiger partial charge in [0.15, 0.2) is 5.79 Å². The van der Waals surface area contributed by atoms with E-state index in [1.807, 2.05) is 6.92 Å². The molecule has 78 valence electrons. The average Bonchev–Trinajstić information content (AvgIpc) is 1.79. The van der Waals surface area contributed by atoms with Crippen molar-refractivity contribution in [2.24, 2.45) is 0 Å². The monoisotopic (exact) mass is 186 g/mol. The topological polar surface area (TPSA) is 18.5 Å². The second-order valence-corrected chi connectivity index (χ2v) is 5.02. The molecule has 1 aliphatic rings.